The molecule has 1 heterocycles. The average Bonchev–Trinajstić information content (AvgIpc) is 2.45. The number of nitrogens with zero attached hydrogens (tertiary/aromatic N) is 2. The molecule has 0 saturated heterocycles. The molecule has 5 heteroatoms. The van der Waals surface area contributed by atoms with Crippen LogP contribution >= 0.6 is 0 Å². The average molecular weight is 256 g/mol. The lowest BCUT2D eigenvalue weighted by Crippen LogP contribution is -2.19. The molecule has 2 aromatic rings. The van der Waals surface area contributed by atoms with Crippen LogP contribution in [0.25, 0.3) is 0 Å². The number of hydrogen-bond acceptors (Lipinski definition) is 4. The Kier molecular flexibility index (Phi) is 4.07. The van der Waals surface area contributed by atoms with E-state index in [0.29, 0.717) is 18.1 Å². The van der Waals surface area contributed by atoms with Crippen molar-refractivity contribution in [2.24, 2.45) is 0 Å². The molecule has 0 spiro atoms. The highest BCUT2D eigenvalue weighted by molar-refractivity contribution is 5.91. The third kappa shape index (κ3) is 3.51. The molecule has 0 aliphatic rings. The predicted molar refractivity (Wildman–Crippen MR) is 73.9 cm³/mol. The zero-order chi connectivity index (χ0) is 13.7. The van der Waals surface area contributed by atoms with E-state index in [0.717, 1.165) is 0 Å². The predicted octanol–water partition coefficient (Wildman–Crippen LogP) is 1.76. The van der Waals surface area contributed by atoms with Crippen LogP contribution in [0.2, 0.25) is 0 Å². The fraction of sp³-hybridized carbons (Fsp3) is 0.214. The molecule has 0 saturated carbocycles. The zero-order valence-electron chi connectivity index (χ0n) is 11.0. The van der Waals surface area contributed by atoms with Crippen LogP contribution in [0.3, 0.4) is 0 Å². The van der Waals surface area contributed by atoms with Gasteiger partial charge in [-0.15, -0.1) is 10.2 Å². The van der Waals surface area contributed by atoms with Gasteiger partial charge in [0.2, 0.25) is 0 Å². The van der Waals surface area contributed by atoms with Gasteiger partial charge >= 0.3 is 0 Å². The maximum atomic E-state index is 11.3. The van der Waals surface area contributed by atoms with Crippen molar-refractivity contribution in [3.63, 3.8) is 0 Å². The van der Waals surface area contributed by atoms with Gasteiger partial charge in [0.05, 0.1) is 0 Å². The second kappa shape index (κ2) is 5.95. The van der Waals surface area contributed by atoms with E-state index in [1.807, 2.05) is 12.1 Å². The zero-order valence-corrected chi connectivity index (χ0v) is 11.0. The minimum atomic E-state index is -0.238. The summed E-state index contributed by atoms with van der Waals surface area (Å²) < 4.78 is 0. The van der Waals surface area contributed by atoms with Gasteiger partial charge in [-0.2, -0.15) is 0 Å². The Hall–Kier alpha value is -2.43. The van der Waals surface area contributed by atoms with Crippen molar-refractivity contribution in [3.05, 3.63) is 53.2 Å². The van der Waals surface area contributed by atoms with E-state index >= 15 is 0 Å². The van der Waals surface area contributed by atoms with Gasteiger partial charge in [0.1, 0.15) is 5.82 Å². The Morgan fingerprint density at radius 1 is 1.21 bits per heavy atom. The van der Waals surface area contributed by atoms with E-state index in [-0.39, 0.29) is 5.91 Å². The summed E-state index contributed by atoms with van der Waals surface area (Å²) >= 11 is 0. The van der Waals surface area contributed by atoms with E-state index in [2.05, 4.69) is 39.9 Å². The van der Waals surface area contributed by atoms with Crippen molar-refractivity contribution in [2.45, 2.75) is 13.5 Å². The van der Waals surface area contributed by atoms with Gasteiger partial charge in [0.15, 0.2) is 5.69 Å². The molecule has 19 heavy (non-hydrogen) atoms. The number of hydrogen-bond donors (Lipinski definition) is 2. The highest BCUT2D eigenvalue weighted by Gasteiger charge is 2.05. The maximum Gasteiger partial charge on any atom is 0.271 e. The van der Waals surface area contributed by atoms with Crippen LogP contribution in [0.1, 0.15) is 21.6 Å². The van der Waals surface area contributed by atoms with Crippen molar-refractivity contribution in [3.8, 4) is 0 Å². The molecule has 1 amide bonds. The van der Waals surface area contributed by atoms with Crippen molar-refractivity contribution in [1.82, 2.24) is 15.5 Å². The molecular formula is C14H16N4O. The number of amides is 1. The fourth-order valence-corrected chi connectivity index (χ4v) is 1.69. The molecule has 0 aliphatic carbocycles. The molecule has 0 fully saturated rings. The summed E-state index contributed by atoms with van der Waals surface area (Å²) in [4.78, 5) is 11.3. The molecule has 0 aliphatic heterocycles. The minimum absolute atomic E-state index is 0.238. The Bertz CT molecular complexity index is 566. The Morgan fingerprint density at radius 2 is 2.05 bits per heavy atom. The summed E-state index contributed by atoms with van der Waals surface area (Å²) in [6, 6.07) is 11.6. The van der Waals surface area contributed by atoms with Crippen molar-refractivity contribution in [2.75, 3.05) is 12.4 Å². The molecular weight excluding hydrogens is 240 g/mol. The SMILES string of the molecule is CNC(=O)c1ccc(NCc2cccc(C)c2)nn1. The molecule has 1 aromatic carbocycles. The first-order valence-electron chi connectivity index (χ1n) is 6.04. The highest BCUT2D eigenvalue weighted by Crippen LogP contribution is 2.07. The maximum absolute atomic E-state index is 11.3. The molecule has 0 bridgehead atoms. The molecule has 0 atom stereocenters. The molecule has 98 valence electrons. The van der Waals surface area contributed by atoms with E-state index < -0.39 is 0 Å². The first-order valence-corrected chi connectivity index (χ1v) is 6.04. The molecule has 0 radical (unpaired) electrons. The number of carbonyl (C=O) groups is 1. The van der Waals surface area contributed by atoms with E-state index in [1.54, 1.807) is 19.2 Å². The van der Waals surface area contributed by atoms with Crippen LogP contribution < -0.4 is 10.6 Å². The van der Waals surface area contributed by atoms with Gasteiger partial charge in [0.25, 0.3) is 5.91 Å². The lowest BCUT2D eigenvalue weighted by Gasteiger charge is -2.06. The quantitative estimate of drug-likeness (QED) is 0.874. The summed E-state index contributed by atoms with van der Waals surface area (Å²) in [5, 5.41) is 13.5. The third-order valence-electron chi connectivity index (χ3n) is 2.68. The Morgan fingerprint density at radius 3 is 2.68 bits per heavy atom. The molecule has 1 aromatic heterocycles. The summed E-state index contributed by atoms with van der Waals surface area (Å²) in [5.41, 5.74) is 2.71. The summed E-state index contributed by atoms with van der Waals surface area (Å²) in [6.45, 7) is 2.73. The van der Waals surface area contributed by atoms with E-state index in [9.17, 15) is 4.79 Å². The standard InChI is InChI=1S/C14H16N4O/c1-10-4-3-5-11(8-10)9-16-13-7-6-12(17-18-13)14(19)15-2/h3-8H,9H2,1-2H3,(H,15,19)(H,16,18). The monoisotopic (exact) mass is 256 g/mol. The van der Waals surface area contributed by atoms with Crippen LogP contribution in [-0.2, 0) is 6.54 Å². The molecule has 0 unspecified atom stereocenters. The lowest BCUT2D eigenvalue weighted by atomic mass is 10.1. The summed E-state index contributed by atoms with van der Waals surface area (Å²) in [5.74, 6) is 0.409. The van der Waals surface area contributed by atoms with Gasteiger partial charge in [0, 0.05) is 13.6 Å². The Labute approximate surface area is 112 Å². The number of aryl methyl sites for hydroxylation is 1. The highest BCUT2D eigenvalue weighted by atomic mass is 16.1. The van der Waals surface area contributed by atoms with Gasteiger partial charge in [-0.3, -0.25) is 4.79 Å². The lowest BCUT2D eigenvalue weighted by molar-refractivity contribution is 0.0957. The number of anilines is 1. The van der Waals surface area contributed by atoms with Gasteiger partial charge in [-0.1, -0.05) is 29.8 Å². The van der Waals surface area contributed by atoms with Crippen molar-refractivity contribution >= 4 is 11.7 Å². The number of nitrogens with one attached hydrogen (secondary N) is 2. The first-order chi connectivity index (χ1) is 9.19. The van der Waals surface area contributed by atoms with E-state index in [1.165, 1.54) is 11.1 Å². The first kappa shape index (κ1) is 13.0. The normalized spacial score (nSPS) is 10.0. The number of aromatic nitrogens is 2. The largest absolute Gasteiger partial charge is 0.365 e. The molecule has 5 nitrogen and oxygen atoms in total. The fourth-order valence-electron chi connectivity index (χ4n) is 1.69. The van der Waals surface area contributed by atoms with Gasteiger partial charge in [-0.25, -0.2) is 0 Å². The smallest absolute Gasteiger partial charge is 0.271 e. The van der Waals surface area contributed by atoms with Crippen LogP contribution in [-0.4, -0.2) is 23.2 Å². The van der Waals surface area contributed by atoms with Gasteiger partial charge < -0.3 is 10.6 Å². The number of rotatable bonds is 4. The van der Waals surface area contributed by atoms with E-state index in [4.69, 9.17) is 0 Å². The van der Waals surface area contributed by atoms with Crippen molar-refractivity contribution in [1.29, 1.82) is 0 Å². The number of carbonyl (C=O) groups excluding carboxylic acids is 1. The van der Waals surface area contributed by atoms with Crippen LogP contribution in [0.4, 0.5) is 5.82 Å². The molecule has 2 rings (SSSR count). The van der Waals surface area contributed by atoms with Gasteiger partial charge in [-0.05, 0) is 24.6 Å². The second-order valence-corrected chi connectivity index (χ2v) is 4.23. The third-order valence-corrected chi connectivity index (χ3v) is 2.68. The van der Waals surface area contributed by atoms with Crippen LogP contribution in [0, 0.1) is 6.92 Å². The van der Waals surface area contributed by atoms with Crippen LogP contribution in [0.5, 0.6) is 0 Å². The van der Waals surface area contributed by atoms with Crippen molar-refractivity contribution < 1.29 is 4.79 Å². The molecule has 2 N–H and O–H groups in total. The summed E-state index contributed by atoms with van der Waals surface area (Å²) in [6.07, 6.45) is 0. The topological polar surface area (TPSA) is 66.9 Å². The van der Waals surface area contributed by atoms with Crippen LogP contribution in [0.15, 0.2) is 36.4 Å². The Balaban J connectivity index is 1.98. The second-order valence-electron chi connectivity index (χ2n) is 4.23. The minimum Gasteiger partial charge on any atom is -0.365 e. The number of benzene rings is 1. The summed E-state index contributed by atoms with van der Waals surface area (Å²) in [7, 11) is 1.56.